The van der Waals surface area contributed by atoms with Crippen molar-refractivity contribution in [1.29, 1.82) is 0 Å². The molecule has 1 unspecified atom stereocenters. The first-order chi connectivity index (χ1) is 10.3. The Morgan fingerprint density at radius 1 is 1.19 bits per heavy atom. The highest BCUT2D eigenvalue weighted by Crippen LogP contribution is 2.35. The van der Waals surface area contributed by atoms with Crippen molar-refractivity contribution in [3.63, 3.8) is 0 Å². The lowest BCUT2D eigenvalue weighted by atomic mass is 9.92. The van der Waals surface area contributed by atoms with E-state index in [9.17, 15) is 4.79 Å². The zero-order valence-corrected chi connectivity index (χ0v) is 11.8. The molecule has 0 amide bonds. The van der Waals surface area contributed by atoms with E-state index in [4.69, 9.17) is 4.74 Å². The Morgan fingerprint density at radius 2 is 2.05 bits per heavy atom. The van der Waals surface area contributed by atoms with Gasteiger partial charge in [-0.3, -0.25) is 4.79 Å². The van der Waals surface area contributed by atoms with Crippen molar-refractivity contribution in [1.82, 2.24) is 10.3 Å². The summed E-state index contributed by atoms with van der Waals surface area (Å²) >= 11 is 0. The van der Waals surface area contributed by atoms with Gasteiger partial charge in [0.1, 0.15) is 0 Å². The van der Waals surface area contributed by atoms with Gasteiger partial charge < -0.3 is 15.0 Å². The number of aromatic amines is 1. The van der Waals surface area contributed by atoms with Gasteiger partial charge in [-0.2, -0.15) is 0 Å². The van der Waals surface area contributed by atoms with Gasteiger partial charge in [-0.1, -0.05) is 36.4 Å². The van der Waals surface area contributed by atoms with Crippen LogP contribution in [-0.4, -0.2) is 24.6 Å². The first-order valence-electron chi connectivity index (χ1n) is 7.10. The number of esters is 1. The Kier molecular flexibility index (Phi) is 2.72. The predicted octanol–water partition coefficient (Wildman–Crippen LogP) is 2.68. The van der Waals surface area contributed by atoms with E-state index in [0.29, 0.717) is 6.54 Å². The van der Waals surface area contributed by atoms with E-state index >= 15 is 0 Å². The molecular weight excluding hydrogens is 264 g/mol. The zero-order valence-electron chi connectivity index (χ0n) is 11.8. The molecular formula is C17H16N2O2. The van der Waals surface area contributed by atoms with Crippen LogP contribution in [0.15, 0.2) is 36.4 Å². The molecule has 4 nitrogen and oxygen atoms in total. The van der Waals surface area contributed by atoms with E-state index < -0.39 is 0 Å². The second-order valence-corrected chi connectivity index (χ2v) is 5.43. The molecule has 4 rings (SSSR count). The van der Waals surface area contributed by atoms with Gasteiger partial charge in [0.25, 0.3) is 0 Å². The van der Waals surface area contributed by atoms with Crippen LogP contribution in [0.5, 0.6) is 0 Å². The first-order valence-corrected chi connectivity index (χ1v) is 7.10. The summed E-state index contributed by atoms with van der Waals surface area (Å²) in [5, 5.41) is 6.80. The molecule has 0 aliphatic carbocycles. The minimum absolute atomic E-state index is 0.183. The molecule has 0 bridgehead atoms. The molecule has 0 saturated heterocycles. The van der Waals surface area contributed by atoms with Crippen molar-refractivity contribution in [3.05, 3.63) is 47.7 Å². The Labute approximate surface area is 122 Å². The third-order valence-corrected chi connectivity index (χ3v) is 4.30. The molecule has 1 atom stereocenters. The average molecular weight is 280 g/mol. The van der Waals surface area contributed by atoms with E-state index in [0.717, 1.165) is 28.7 Å². The van der Waals surface area contributed by atoms with E-state index in [1.165, 1.54) is 17.9 Å². The van der Waals surface area contributed by atoms with Crippen LogP contribution in [0, 0.1) is 0 Å². The molecule has 1 aromatic heterocycles. The summed E-state index contributed by atoms with van der Waals surface area (Å²) in [6, 6.07) is 12.5. The number of rotatable bonds is 1. The molecule has 4 heteroatoms. The molecule has 0 saturated carbocycles. The fraction of sp³-hybridized carbons (Fsp3) is 0.235. The summed E-state index contributed by atoms with van der Waals surface area (Å²) < 4.78 is 4.96. The molecule has 21 heavy (non-hydrogen) atoms. The maximum atomic E-state index is 12.1. The number of methoxy groups -OCH3 is 1. The molecule has 2 N–H and O–H groups in total. The molecule has 106 valence electrons. The van der Waals surface area contributed by atoms with Gasteiger partial charge in [-0.05, 0) is 10.9 Å². The molecule has 1 aliphatic rings. The Balaban J connectivity index is 2.03. The van der Waals surface area contributed by atoms with E-state index in [1.807, 2.05) is 12.1 Å². The number of nitrogens with one attached hydrogen (secondary N) is 2. The van der Waals surface area contributed by atoms with Crippen molar-refractivity contribution in [3.8, 4) is 0 Å². The maximum absolute atomic E-state index is 12.1. The first kappa shape index (κ1) is 12.4. The second-order valence-electron chi connectivity index (χ2n) is 5.43. The largest absolute Gasteiger partial charge is 0.469 e. The van der Waals surface area contributed by atoms with Gasteiger partial charge in [0, 0.05) is 29.6 Å². The van der Waals surface area contributed by atoms with Crippen LogP contribution in [0.2, 0.25) is 0 Å². The third kappa shape index (κ3) is 1.76. The summed E-state index contributed by atoms with van der Waals surface area (Å²) in [5.74, 6) is -0.425. The Hall–Kier alpha value is -2.33. The van der Waals surface area contributed by atoms with Crippen LogP contribution >= 0.6 is 0 Å². The van der Waals surface area contributed by atoms with Gasteiger partial charge in [0.05, 0.1) is 18.5 Å². The zero-order chi connectivity index (χ0) is 14.4. The molecule has 0 radical (unpaired) electrons. The highest BCUT2D eigenvalue weighted by molar-refractivity contribution is 6.08. The van der Waals surface area contributed by atoms with Crippen molar-refractivity contribution >= 4 is 27.6 Å². The van der Waals surface area contributed by atoms with Gasteiger partial charge in [0.2, 0.25) is 0 Å². The lowest BCUT2D eigenvalue weighted by molar-refractivity contribution is -0.142. The highest BCUT2D eigenvalue weighted by Gasteiger charge is 2.30. The van der Waals surface area contributed by atoms with Crippen molar-refractivity contribution in [2.24, 2.45) is 0 Å². The van der Waals surface area contributed by atoms with Gasteiger partial charge in [-0.25, -0.2) is 0 Å². The van der Waals surface area contributed by atoms with Crippen LogP contribution in [0.25, 0.3) is 21.7 Å². The molecule has 3 aromatic rings. The number of hydrogen-bond acceptors (Lipinski definition) is 3. The summed E-state index contributed by atoms with van der Waals surface area (Å²) in [6.45, 7) is 1.38. The quantitative estimate of drug-likeness (QED) is 0.674. The van der Waals surface area contributed by atoms with Gasteiger partial charge in [-0.15, -0.1) is 0 Å². The normalized spacial score (nSPS) is 17.9. The fourth-order valence-corrected chi connectivity index (χ4v) is 3.34. The topological polar surface area (TPSA) is 54.1 Å². The minimum atomic E-state index is -0.242. The highest BCUT2D eigenvalue weighted by atomic mass is 16.5. The van der Waals surface area contributed by atoms with Gasteiger partial charge >= 0.3 is 5.97 Å². The van der Waals surface area contributed by atoms with Crippen LogP contribution in [0.4, 0.5) is 0 Å². The number of ether oxygens (including phenoxy) is 1. The smallest absolute Gasteiger partial charge is 0.314 e. The Bertz CT molecular complexity index is 850. The summed E-state index contributed by atoms with van der Waals surface area (Å²) in [6.07, 6.45) is 0. The number of fused-ring (bicyclic) bond motifs is 5. The summed E-state index contributed by atoms with van der Waals surface area (Å²) in [5.41, 5.74) is 3.28. The second kappa shape index (κ2) is 4.60. The third-order valence-electron chi connectivity index (χ3n) is 4.30. The molecule has 1 aliphatic heterocycles. The number of hydrogen-bond donors (Lipinski definition) is 2. The number of carbonyl (C=O) groups is 1. The predicted molar refractivity (Wildman–Crippen MR) is 82.3 cm³/mol. The molecule has 0 spiro atoms. The average Bonchev–Trinajstić information content (AvgIpc) is 2.93. The van der Waals surface area contributed by atoms with Gasteiger partial charge in [0.15, 0.2) is 0 Å². The SMILES string of the molecule is COC(=O)C1CNCc2[nH]c3c(ccc4ccccc43)c21. The lowest BCUT2D eigenvalue weighted by Gasteiger charge is -2.21. The van der Waals surface area contributed by atoms with Crippen LogP contribution in [0.1, 0.15) is 17.2 Å². The van der Waals surface area contributed by atoms with E-state index in [-0.39, 0.29) is 11.9 Å². The van der Waals surface area contributed by atoms with Crippen molar-refractivity contribution in [2.75, 3.05) is 13.7 Å². The summed E-state index contributed by atoms with van der Waals surface area (Å²) in [4.78, 5) is 15.6. The monoisotopic (exact) mass is 280 g/mol. The maximum Gasteiger partial charge on any atom is 0.314 e. The van der Waals surface area contributed by atoms with E-state index in [2.05, 4.69) is 34.6 Å². The number of H-pyrrole nitrogens is 1. The van der Waals surface area contributed by atoms with Crippen LogP contribution in [0.3, 0.4) is 0 Å². The van der Waals surface area contributed by atoms with Crippen LogP contribution < -0.4 is 5.32 Å². The lowest BCUT2D eigenvalue weighted by Crippen LogP contribution is -2.32. The Morgan fingerprint density at radius 3 is 2.90 bits per heavy atom. The van der Waals surface area contributed by atoms with Crippen LogP contribution in [-0.2, 0) is 16.1 Å². The fourth-order valence-electron chi connectivity index (χ4n) is 3.34. The molecule has 0 fully saturated rings. The number of carbonyl (C=O) groups excluding carboxylic acids is 1. The van der Waals surface area contributed by atoms with Crippen molar-refractivity contribution in [2.45, 2.75) is 12.5 Å². The van der Waals surface area contributed by atoms with E-state index in [1.54, 1.807) is 0 Å². The minimum Gasteiger partial charge on any atom is -0.469 e. The summed E-state index contributed by atoms with van der Waals surface area (Å²) in [7, 11) is 1.45. The standard InChI is InChI=1S/C17H16N2O2/c1-21-17(20)13-8-18-9-14-15(13)12-7-6-10-4-2-3-5-11(10)16(12)19-14/h2-7,13,18-19H,8-9H2,1H3. The number of aromatic nitrogens is 1. The van der Waals surface area contributed by atoms with Crippen molar-refractivity contribution < 1.29 is 9.53 Å². The number of benzene rings is 2. The molecule has 2 heterocycles. The molecule has 2 aromatic carbocycles.